The summed E-state index contributed by atoms with van der Waals surface area (Å²) in [6.07, 6.45) is 1.58. The number of urea groups is 1. The number of anilines is 1. The Hall–Kier alpha value is -3.09. The first-order valence-electron chi connectivity index (χ1n) is 8.13. The minimum absolute atomic E-state index is 0.172. The van der Waals surface area contributed by atoms with Gasteiger partial charge in [0.1, 0.15) is 17.6 Å². The number of aryl methyl sites for hydroxylation is 1. The van der Waals surface area contributed by atoms with Gasteiger partial charge in [-0.05, 0) is 38.5 Å². The molecule has 0 saturated carbocycles. The third-order valence-electron chi connectivity index (χ3n) is 3.75. The van der Waals surface area contributed by atoms with Crippen molar-refractivity contribution in [1.82, 2.24) is 20.1 Å². The molecule has 0 aliphatic rings. The normalized spacial score (nSPS) is 12.2. The van der Waals surface area contributed by atoms with Crippen molar-refractivity contribution in [3.05, 3.63) is 65.9 Å². The molecule has 25 heavy (non-hydrogen) atoms. The van der Waals surface area contributed by atoms with Crippen LogP contribution in [0.5, 0.6) is 0 Å². The SMILES string of the molecule is Cc1nc(NC(=O)N[C@H](c2ccccc2)c2ccco2)nn1C(C)C. The van der Waals surface area contributed by atoms with Gasteiger partial charge in [0.2, 0.25) is 5.95 Å². The first kappa shape index (κ1) is 16.8. The molecule has 2 amide bonds. The fourth-order valence-corrected chi connectivity index (χ4v) is 2.63. The number of aromatic nitrogens is 3. The van der Waals surface area contributed by atoms with Gasteiger partial charge in [0.05, 0.1) is 6.26 Å². The van der Waals surface area contributed by atoms with E-state index in [0.717, 1.165) is 11.4 Å². The van der Waals surface area contributed by atoms with Crippen molar-refractivity contribution in [2.45, 2.75) is 32.9 Å². The van der Waals surface area contributed by atoms with E-state index >= 15 is 0 Å². The second-order valence-electron chi connectivity index (χ2n) is 5.98. The highest BCUT2D eigenvalue weighted by molar-refractivity contribution is 5.87. The average Bonchev–Trinajstić information content (AvgIpc) is 3.23. The Bertz CT molecular complexity index is 825. The van der Waals surface area contributed by atoms with E-state index in [9.17, 15) is 4.79 Å². The third-order valence-corrected chi connectivity index (χ3v) is 3.75. The molecule has 3 rings (SSSR count). The number of carbonyl (C=O) groups excluding carboxylic acids is 1. The van der Waals surface area contributed by atoms with Gasteiger partial charge in [0.25, 0.3) is 0 Å². The van der Waals surface area contributed by atoms with Gasteiger partial charge in [-0.15, -0.1) is 5.10 Å². The average molecular weight is 339 g/mol. The van der Waals surface area contributed by atoms with Crippen LogP contribution in [0.1, 0.15) is 43.1 Å². The lowest BCUT2D eigenvalue weighted by atomic mass is 10.1. The van der Waals surface area contributed by atoms with E-state index in [2.05, 4.69) is 20.7 Å². The van der Waals surface area contributed by atoms with Gasteiger partial charge in [-0.1, -0.05) is 30.3 Å². The van der Waals surface area contributed by atoms with Gasteiger partial charge in [-0.2, -0.15) is 4.98 Å². The van der Waals surface area contributed by atoms with Crippen molar-refractivity contribution >= 4 is 12.0 Å². The molecule has 2 N–H and O–H groups in total. The van der Waals surface area contributed by atoms with Gasteiger partial charge in [0, 0.05) is 6.04 Å². The minimum atomic E-state index is -0.399. The standard InChI is InChI=1S/C18H21N5O2/c1-12(2)23-13(3)19-17(22-23)21-18(24)20-16(15-10-7-11-25-15)14-8-5-4-6-9-14/h4-12,16H,1-3H3,(H2,20,21,22,24)/t16-/m1/s1. The van der Waals surface area contributed by atoms with E-state index in [1.165, 1.54) is 0 Å². The van der Waals surface area contributed by atoms with E-state index in [-0.39, 0.29) is 12.0 Å². The van der Waals surface area contributed by atoms with Gasteiger partial charge in [-0.25, -0.2) is 9.48 Å². The number of hydrogen-bond acceptors (Lipinski definition) is 4. The quantitative estimate of drug-likeness (QED) is 0.743. The van der Waals surface area contributed by atoms with Crippen LogP contribution in [0.2, 0.25) is 0 Å². The second-order valence-corrected chi connectivity index (χ2v) is 5.98. The summed E-state index contributed by atoms with van der Waals surface area (Å²) in [5.74, 6) is 1.67. The number of carbonyl (C=O) groups is 1. The van der Waals surface area contributed by atoms with Gasteiger partial charge >= 0.3 is 6.03 Å². The molecule has 0 fully saturated rings. The molecular weight excluding hydrogens is 318 g/mol. The number of amides is 2. The number of furan rings is 1. The van der Waals surface area contributed by atoms with E-state index in [4.69, 9.17) is 4.42 Å². The van der Waals surface area contributed by atoms with Crippen LogP contribution >= 0.6 is 0 Å². The fourth-order valence-electron chi connectivity index (χ4n) is 2.63. The lowest BCUT2D eigenvalue weighted by Gasteiger charge is -2.17. The first-order valence-corrected chi connectivity index (χ1v) is 8.13. The summed E-state index contributed by atoms with van der Waals surface area (Å²) < 4.78 is 7.24. The summed E-state index contributed by atoms with van der Waals surface area (Å²) in [6.45, 7) is 5.87. The molecule has 1 aromatic carbocycles. The van der Waals surface area contributed by atoms with Crippen LogP contribution in [0.15, 0.2) is 53.1 Å². The second kappa shape index (κ2) is 7.21. The van der Waals surface area contributed by atoms with Crippen LogP contribution in [0, 0.1) is 6.92 Å². The van der Waals surface area contributed by atoms with Crippen molar-refractivity contribution < 1.29 is 9.21 Å². The van der Waals surface area contributed by atoms with Crippen molar-refractivity contribution in [2.24, 2.45) is 0 Å². The number of hydrogen-bond donors (Lipinski definition) is 2. The monoisotopic (exact) mass is 339 g/mol. The minimum Gasteiger partial charge on any atom is -0.467 e. The summed E-state index contributed by atoms with van der Waals surface area (Å²) in [7, 11) is 0. The molecule has 2 aromatic heterocycles. The highest BCUT2D eigenvalue weighted by Gasteiger charge is 2.20. The summed E-state index contributed by atoms with van der Waals surface area (Å²) in [6, 6.07) is 12.6. The van der Waals surface area contributed by atoms with Crippen molar-refractivity contribution in [3.8, 4) is 0 Å². The molecule has 7 nitrogen and oxygen atoms in total. The van der Waals surface area contributed by atoms with E-state index in [1.807, 2.05) is 57.2 Å². The summed E-state index contributed by atoms with van der Waals surface area (Å²) >= 11 is 0. The maximum absolute atomic E-state index is 12.4. The van der Waals surface area contributed by atoms with E-state index < -0.39 is 12.1 Å². The lowest BCUT2D eigenvalue weighted by Crippen LogP contribution is -2.33. The predicted octanol–water partition coefficient (Wildman–Crippen LogP) is 3.67. The molecule has 0 aliphatic heterocycles. The Morgan fingerprint density at radius 3 is 2.52 bits per heavy atom. The number of nitrogens with zero attached hydrogens (tertiary/aromatic N) is 3. The first-order chi connectivity index (χ1) is 12.0. The summed E-state index contributed by atoms with van der Waals surface area (Å²) in [5, 5.41) is 9.90. The molecule has 0 bridgehead atoms. The Kier molecular flexibility index (Phi) is 4.83. The highest BCUT2D eigenvalue weighted by Crippen LogP contribution is 2.22. The predicted molar refractivity (Wildman–Crippen MR) is 94.3 cm³/mol. The van der Waals surface area contributed by atoms with Crippen LogP contribution < -0.4 is 10.6 Å². The fraction of sp³-hybridized carbons (Fsp3) is 0.278. The Morgan fingerprint density at radius 1 is 1.16 bits per heavy atom. The molecular formula is C18H21N5O2. The Morgan fingerprint density at radius 2 is 1.92 bits per heavy atom. The molecule has 0 unspecified atom stereocenters. The topological polar surface area (TPSA) is 85.0 Å². The molecule has 3 aromatic rings. The zero-order valence-electron chi connectivity index (χ0n) is 14.4. The number of nitrogens with one attached hydrogen (secondary N) is 2. The molecule has 0 aliphatic carbocycles. The molecule has 0 spiro atoms. The van der Waals surface area contributed by atoms with Gasteiger partial charge in [0.15, 0.2) is 0 Å². The third kappa shape index (κ3) is 3.88. The number of benzene rings is 1. The molecule has 0 radical (unpaired) electrons. The van der Waals surface area contributed by atoms with Crippen LogP contribution in [0.3, 0.4) is 0 Å². The van der Waals surface area contributed by atoms with Crippen LogP contribution in [-0.4, -0.2) is 20.8 Å². The van der Waals surface area contributed by atoms with Crippen LogP contribution in [0.25, 0.3) is 0 Å². The van der Waals surface area contributed by atoms with E-state index in [0.29, 0.717) is 5.76 Å². The van der Waals surface area contributed by atoms with Crippen molar-refractivity contribution in [3.63, 3.8) is 0 Å². The Balaban J connectivity index is 1.76. The molecule has 7 heteroatoms. The zero-order valence-corrected chi connectivity index (χ0v) is 14.4. The van der Waals surface area contributed by atoms with Crippen molar-refractivity contribution in [1.29, 1.82) is 0 Å². The molecule has 130 valence electrons. The Labute approximate surface area is 146 Å². The molecule has 2 heterocycles. The van der Waals surface area contributed by atoms with Gasteiger partial charge in [-0.3, -0.25) is 5.32 Å². The van der Waals surface area contributed by atoms with Crippen LogP contribution in [0.4, 0.5) is 10.7 Å². The van der Waals surface area contributed by atoms with Gasteiger partial charge < -0.3 is 9.73 Å². The maximum Gasteiger partial charge on any atom is 0.322 e. The summed E-state index contributed by atoms with van der Waals surface area (Å²) in [4.78, 5) is 16.7. The largest absolute Gasteiger partial charge is 0.467 e. The smallest absolute Gasteiger partial charge is 0.322 e. The highest BCUT2D eigenvalue weighted by atomic mass is 16.3. The number of rotatable bonds is 5. The maximum atomic E-state index is 12.4. The van der Waals surface area contributed by atoms with Crippen LogP contribution in [-0.2, 0) is 0 Å². The lowest BCUT2D eigenvalue weighted by molar-refractivity contribution is 0.248. The van der Waals surface area contributed by atoms with E-state index in [1.54, 1.807) is 17.0 Å². The van der Waals surface area contributed by atoms with Crippen molar-refractivity contribution in [2.75, 3.05) is 5.32 Å². The summed E-state index contributed by atoms with van der Waals surface area (Å²) in [5.41, 5.74) is 0.921. The molecule has 1 atom stereocenters. The molecule has 0 saturated heterocycles. The zero-order chi connectivity index (χ0) is 17.8.